The van der Waals surface area contributed by atoms with E-state index in [-0.39, 0.29) is 23.0 Å². The molecule has 2 amide bonds. The fraction of sp³-hybridized carbons (Fsp3) is 0.333. The highest BCUT2D eigenvalue weighted by atomic mass is 35.5. The van der Waals surface area contributed by atoms with Gasteiger partial charge in [-0.25, -0.2) is 8.42 Å². The number of hydrogen-bond acceptors (Lipinski definition) is 6. The highest BCUT2D eigenvalue weighted by molar-refractivity contribution is 7.92. The summed E-state index contributed by atoms with van der Waals surface area (Å²) < 4.78 is 39.6. The standard InChI is InChI=1S/C30H36ClN3O6S/c1-21(29(36)32-30(2,3)4)33(19-22-11-10-12-23(31)17-22)28(35)20-34(41(37,38)25-13-8-7-9-14-25)24-15-16-26(39-5)27(18-24)40-6/h7-18,21H,19-20H2,1-6H3,(H,32,36)/t21-/m1/s1. The second kappa shape index (κ2) is 13.3. The first-order valence-electron chi connectivity index (χ1n) is 12.9. The van der Waals surface area contributed by atoms with Crippen molar-refractivity contribution in [2.75, 3.05) is 25.1 Å². The average Bonchev–Trinajstić information content (AvgIpc) is 2.93. The topological polar surface area (TPSA) is 105 Å². The average molecular weight is 602 g/mol. The Hall–Kier alpha value is -3.76. The van der Waals surface area contributed by atoms with Crippen molar-refractivity contribution in [2.24, 2.45) is 0 Å². The zero-order valence-corrected chi connectivity index (χ0v) is 25.6. The van der Waals surface area contributed by atoms with Crippen molar-refractivity contribution < 1.29 is 27.5 Å². The molecule has 0 aromatic heterocycles. The van der Waals surface area contributed by atoms with Gasteiger partial charge >= 0.3 is 0 Å². The van der Waals surface area contributed by atoms with E-state index in [0.29, 0.717) is 22.1 Å². The van der Waals surface area contributed by atoms with Crippen LogP contribution >= 0.6 is 11.6 Å². The number of nitrogens with zero attached hydrogens (tertiary/aromatic N) is 2. The third-order valence-electron chi connectivity index (χ3n) is 6.17. The highest BCUT2D eigenvalue weighted by Gasteiger charge is 2.33. The van der Waals surface area contributed by atoms with Gasteiger partial charge in [0, 0.05) is 23.2 Å². The molecule has 0 fully saturated rings. The molecule has 0 saturated carbocycles. The van der Waals surface area contributed by atoms with Crippen molar-refractivity contribution in [3.05, 3.63) is 83.4 Å². The Morgan fingerprint density at radius 3 is 2.17 bits per heavy atom. The number of hydrogen-bond donors (Lipinski definition) is 1. The first-order valence-corrected chi connectivity index (χ1v) is 14.7. The summed E-state index contributed by atoms with van der Waals surface area (Å²) >= 11 is 6.19. The van der Waals surface area contributed by atoms with Gasteiger partial charge in [-0.1, -0.05) is 41.9 Å². The molecule has 41 heavy (non-hydrogen) atoms. The molecule has 0 bridgehead atoms. The van der Waals surface area contributed by atoms with Gasteiger partial charge in [0.2, 0.25) is 11.8 Å². The summed E-state index contributed by atoms with van der Waals surface area (Å²) in [6.45, 7) is 6.57. The van der Waals surface area contributed by atoms with Gasteiger partial charge < -0.3 is 19.7 Å². The largest absolute Gasteiger partial charge is 0.493 e. The normalized spacial score (nSPS) is 12.3. The molecule has 9 nitrogen and oxygen atoms in total. The fourth-order valence-electron chi connectivity index (χ4n) is 4.12. The summed E-state index contributed by atoms with van der Waals surface area (Å²) in [5, 5.41) is 3.37. The second-order valence-electron chi connectivity index (χ2n) is 10.4. The molecule has 3 aromatic carbocycles. The lowest BCUT2D eigenvalue weighted by Gasteiger charge is -2.33. The van der Waals surface area contributed by atoms with Crippen molar-refractivity contribution >= 4 is 39.1 Å². The van der Waals surface area contributed by atoms with Gasteiger partial charge in [0.25, 0.3) is 10.0 Å². The maximum absolute atomic E-state index is 14.0. The Bertz CT molecular complexity index is 1480. The second-order valence-corrected chi connectivity index (χ2v) is 12.7. The first-order chi connectivity index (χ1) is 19.3. The molecule has 0 heterocycles. The Morgan fingerprint density at radius 1 is 0.927 bits per heavy atom. The zero-order chi connectivity index (χ0) is 30.4. The summed E-state index contributed by atoms with van der Waals surface area (Å²) in [4.78, 5) is 28.6. The smallest absolute Gasteiger partial charge is 0.264 e. The van der Waals surface area contributed by atoms with Crippen LogP contribution in [0.25, 0.3) is 0 Å². The first kappa shape index (κ1) is 31.8. The predicted octanol–water partition coefficient (Wildman–Crippen LogP) is 4.88. The number of amides is 2. The van der Waals surface area contributed by atoms with E-state index in [2.05, 4.69) is 5.32 Å². The number of anilines is 1. The highest BCUT2D eigenvalue weighted by Crippen LogP contribution is 2.34. The molecule has 11 heteroatoms. The van der Waals surface area contributed by atoms with Gasteiger partial charge in [-0.15, -0.1) is 0 Å². The molecule has 3 rings (SSSR count). The van der Waals surface area contributed by atoms with Crippen LogP contribution in [-0.2, 0) is 26.2 Å². The van der Waals surface area contributed by atoms with Gasteiger partial charge in [-0.3, -0.25) is 13.9 Å². The summed E-state index contributed by atoms with van der Waals surface area (Å²) in [5.41, 5.74) is 0.331. The van der Waals surface area contributed by atoms with E-state index in [4.69, 9.17) is 21.1 Å². The van der Waals surface area contributed by atoms with Crippen molar-refractivity contribution in [3.63, 3.8) is 0 Å². The Kier molecular flexibility index (Phi) is 10.3. The van der Waals surface area contributed by atoms with Crippen LogP contribution in [0.4, 0.5) is 5.69 Å². The number of rotatable bonds is 11. The molecule has 0 aliphatic rings. The van der Waals surface area contributed by atoms with Gasteiger partial charge in [0.1, 0.15) is 12.6 Å². The monoisotopic (exact) mass is 601 g/mol. The lowest BCUT2D eigenvalue weighted by molar-refractivity contribution is -0.140. The van der Waals surface area contributed by atoms with Gasteiger partial charge in [0.15, 0.2) is 11.5 Å². The van der Waals surface area contributed by atoms with Gasteiger partial charge in [0.05, 0.1) is 24.8 Å². The number of carbonyl (C=O) groups excluding carboxylic acids is 2. The van der Waals surface area contributed by atoms with Crippen LogP contribution in [0.2, 0.25) is 5.02 Å². The lowest BCUT2D eigenvalue weighted by Crippen LogP contribution is -2.54. The van der Waals surface area contributed by atoms with E-state index < -0.39 is 34.1 Å². The molecule has 220 valence electrons. The quantitative estimate of drug-likeness (QED) is 0.336. The van der Waals surface area contributed by atoms with E-state index in [1.54, 1.807) is 55.5 Å². The minimum Gasteiger partial charge on any atom is -0.493 e. The number of nitrogens with one attached hydrogen (secondary N) is 1. The van der Waals surface area contributed by atoms with E-state index in [0.717, 1.165) is 4.31 Å². The van der Waals surface area contributed by atoms with E-state index in [1.807, 2.05) is 20.8 Å². The minimum absolute atomic E-state index is 0.00231. The van der Waals surface area contributed by atoms with E-state index in [1.165, 1.54) is 43.4 Å². The molecule has 0 spiro atoms. The van der Waals surface area contributed by atoms with Crippen LogP contribution < -0.4 is 19.1 Å². The molecule has 1 N–H and O–H groups in total. The third kappa shape index (κ3) is 8.14. The molecule has 1 atom stereocenters. The Labute approximate surface area is 247 Å². The van der Waals surface area contributed by atoms with Crippen LogP contribution in [0.15, 0.2) is 77.7 Å². The number of ether oxygens (including phenoxy) is 2. The minimum atomic E-state index is -4.21. The molecule has 0 unspecified atom stereocenters. The summed E-state index contributed by atoms with van der Waals surface area (Å²) in [7, 11) is -1.31. The number of halogens is 1. The predicted molar refractivity (Wildman–Crippen MR) is 160 cm³/mol. The number of methoxy groups -OCH3 is 2. The molecule has 0 aliphatic heterocycles. The van der Waals surface area contributed by atoms with Crippen molar-refractivity contribution in [1.82, 2.24) is 10.2 Å². The van der Waals surface area contributed by atoms with Crippen LogP contribution in [0, 0.1) is 0 Å². The van der Waals surface area contributed by atoms with Crippen LogP contribution in [0.1, 0.15) is 33.3 Å². The van der Waals surface area contributed by atoms with Crippen LogP contribution in [0.5, 0.6) is 11.5 Å². The van der Waals surface area contributed by atoms with E-state index in [9.17, 15) is 18.0 Å². The fourth-order valence-corrected chi connectivity index (χ4v) is 5.76. The summed E-state index contributed by atoms with van der Waals surface area (Å²) in [5.74, 6) is -0.276. The Morgan fingerprint density at radius 2 is 1.59 bits per heavy atom. The van der Waals surface area contributed by atoms with Crippen molar-refractivity contribution in [2.45, 2.75) is 50.7 Å². The summed E-state index contributed by atoms with van der Waals surface area (Å²) in [6.07, 6.45) is 0. The molecule has 3 aromatic rings. The molecular weight excluding hydrogens is 566 g/mol. The Balaban J connectivity index is 2.09. The number of benzene rings is 3. The molecule has 0 aliphatic carbocycles. The zero-order valence-electron chi connectivity index (χ0n) is 24.0. The molecular formula is C30H36ClN3O6S. The third-order valence-corrected chi connectivity index (χ3v) is 8.20. The molecule has 0 saturated heterocycles. The maximum atomic E-state index is 14.0. The van der Waals surface area contributed by atoms with E-state index >= 15 is 0 Å². The number of sulfonamides is 1. The SMILES string of the molecule is COc1ccc(N(CC(=O)N(Cc2cccc(Cl)c2)[C@H](C)C(=O)NC(C)(C)C)S(=O)(=O)c2ccccc2)cc1OC. The van der Waals surface area contributed by atoms with Crippen molar-refractivity contribution in [3.8, 4) is 11.5 Å². The van der Waals surface area contributed by atoms with Crippen LogP contribution in [0.3, 0.4) is 0 Å². The summed E-state index contributed by atoms with van der Waals surface area (Å²) in [6, 6.07) is 18.4. The van der Waals surface area contributed by atoms with Crippen molar-refractivity contribution in [1.29, 1.82) is 0 Å². The van der Waals surface area contributed by atoms with Gasteiger partial charge in [-0.2, -0.15) is 0 Å². The molecule has 0 radical (unpaired) electrons. The number of carbonyl (C=O) groups is 2. The van der Waals surface area contributed by atoms with Crippen LogP contribution in [-0.4, -0.2) is 57.5 Å². The lowest BCUT2D eigenvalue weighted by atomic mass is 10.1. The van der Waals surface area contributed by atoms with Gasteiger partial charge in [-0.05, 0) is 69.7 Å². The maximum Gasteiger partial charge on any atom is 0.264 e.